The van der Waals surface area contributed by atoms with Gasteiger partial charge in [-0.25, -0.2) is 0 Å². The first-order valence-corrected chi connectivity index (χ1v) is 12.9. The lowest BCUT2D eigenvalue weighted by Crippen LogP contribution is -2.02. The fourth-order valence-corrected chi connectivity index (χ4v) is 5.03. The van der Waals surface area contributed by atoms with Crippen LogP contribution in [0, 0.1) is 34.6 Å². The molecule has 0 unspecified atom stereocenters. The Morgan fingerprint density at radius 1 is 0.684 bits per heavy atom. The summed E-state index contributed by atoms with van der Waals surface area (Å²) in [5.41, 5.74) is 10.0. The van der Waals surface area contributed by atoms with Crippen molar-refractivity contribution in [2.24, 2.45) is 0 Å². The van der Waals surface area contributed by atoms with Gasteiger partial charge in [-0.2, -0.15) is 0 Å². The summed E-state index contributed by atoms with van der Waals surface area (Å²) in [5.74, 6) is 0.896. The molecule has 38 heavy (non-hydrogen) atoms. The minimum atomic E-state index is 0.113. The summed E-state index contributed by atoms with van der Waals surface area (Å²) in [5, 5.41) is 42.7. The van der Waals surface area contributed by atoms with Crippen molar-refractivity contribution in [2.75, 3.05) is 0 Å². The largest absolute Gasteiger partial charge is 0.507 e. The van der Waals surface area contributed by atoms with Crippen LogP contribution in [-0.4, -0.2) is 20.4 Å². The van der Waals surface area contributed by atoms with Crippen LogP contribution in [0.1, 0.15) is 63.9 Å². The number of allylic oxidation sites excluding steroid dienone is 4. The molecule has 0 heterocycles. The van der Waals surface area contributed by atoms with Crippen LogP contribution in [0.15, 0.2) is 71.5 Å². The molecule has 0 atom stereocenters. The van der Waals surface area contributed by atoms with Crippen LogP contribution in [0.3, 0.4) is 0 Å². The van der Waals surface area contributed by atoms with E-state index in [1.165, 1.54) is 0 Å². The summed E-state index contributed by atoms with van der Waals surface area (Å²) in [4.78, 5) is 0. The molecule has 0 aliphatic rings. The van der Waals surface area contributed by atoms with Gasteiger partial charge < -0.3 is 20.4 Å². The third-order valence-electron chi connectivity index (χ3n) is 6.81. The molecule has 0 radical (unpaired) electrons. The molecule has 4 heteroatoms. The molecule has 0 saturated carbocycles. The molecule has 0 aromatic heterocycles. The van der Waals surface area contributed by atoms with E-state index in [0.717, 1.165) is 55.7 Å². The van der Waals surface area contributed by atoms with Crippen molar-refractivity contribution in [3.05, 3.63) is 122 Å². The first-order chi connectivity index (χ1) is 17.8. The Balaban J connectivity index is 1.94. The topological polar surface area (TPSA) is 80.9 Å². The molecular formula is C34H40O4. The molecule has 200 valence electrons. The maximum absolute atomic E-state index is 11.3. The Morgan fingerprint density at radius 2 is 1.16 bits per heavy atom. The molecule has 0 spiro atoms. The summed E-state index contributed by atoms with van der Waals surface area (Å²) in [6, 6.07) is 11.6. The van der Waals surface area contributed by atoms with E-state index < -0.39 is 0 Å². The maximum atomic E-state index is 11.3. The van der Waals surface area contributed by atoms with E-state index in [2.05, 4.69) is 6.58 Å². The van der Waals surface area contributed by atoms with E-state index in [4.69, 9.17) is 0 Å². The number of phenolic OH excluding ortho intramolecular Hbond substituents is 3. The molecule has 0 bridgehead atoms. The van der Waals surface area contributed by atoms with Crippen LogP contribution in [0.5, 0.6) is 17.2 Å². The van der Waals surface area contributed by atoms with Crippen LogP contribution in [0.25, 0.3) is 0 Å². The Hall–Kier alpha value is -3.92. The standard InChI is InChI=1S/C34H40O4/c1-19(2)9-28(17-26-12-21(4)31(35)22(5)13-26)33(37)25(8)16-29-10-20(3)11-30(34(29)38)18-27-14-23(6)32(36)24(7)15-27/h9-15,35-38H,8,16-18H2,1-7H3/b33-28-. The number of aliphatic hydroxyl groups excluding tert-OH is 1. The van der Waals surface area contributed by atoms with Crippen molar-refractivity contribution in [1.82, 2.24) is 0 Å². The number of aliphatic hydroxyl groups is 1. The van der Waals surface area contributed by atoms with Gasteiger partial charge in [-0.15, -0.1) is 0 Å². The number of rotatable bonds is 8. The van der Waals surface area contributed by atoms with E-state index in [1.54, 1.807) is 0 Å². The molecule has 0 saturated heterocycles. The molecule has 3 aromatic carbocycles. The van der Waals surface area contributed by atoms with E-state index in [0.29, 0.717) is 41.9 Å². The van der Waals surface area contributed by atoms with Crippen LogP contribution < -0.4 is 0 Å². The smallest absolute Gasteiger partial charge is 0.122 e. The molecule has 0 amide bonds. The van der Waals surface area contributed by atoms with Crippen LogP contribution in [-0.2, 0) is 19.3 Å². The summed E-state index contributed by atoms with van der Waals surface area (Å²) in [6.45, 7) is 17.6. The minimum Gasteiger partial charge on any atom is -0.507 e. The molecular weight excluding hydrogens is 472 g/mol. The molecule has 4 N–H and O–H groups in total. The second-order valence-electron chi connectivity index (χ2n) is 10.8. The van der Waals surface area contributed by atoms with Gasteiger partial charge in [0.2, 0.25) is 0 Å². The predicted octanol–water partition coefficient (Wildman–Crippen LogP) is 8.06. The molecule has 0 fully saturated rings. The Labute approximate surface area is 226 Å². The maximum Gasteiger partial charge on any atom is 0.122 e. The highest BCUT2D eigenvalue weighted by Crippen LogP contribution is 2.32. The highest BCUT2D eigenvalue weighted by atomic mass is 16.3. The lowest BCUT2D eigenvalue weighted by Gasteiger charge is -2.16. The average molecular weight is 513 g/mol. The highest BCUT2D eigenvalue weighted by Gasteiger charge is 2.16. The Morgan fingerprint density at radius 3 is 1.66 bits per heavy atom. The van der Waals surface area contributed by atoms with E-state index in [1.807, 2.05) is 90.9 Å². The summed E-state index contributed by atoms with van der Waals surface area (Å²) in [6.07, 6.45) is 3.27. The summed E-state index contributed by atoms with van der Waals surface area (Å²) in [7, 11) is 0. The second-order valence-corrected chi connectivity index (χ2v) is 10.8. The minimum absolute atomic E-state index is 0.113. The van der Waals surface area contributed by atoms with Gasteiger partial charge in [0, 0.05) is 19.3 Å². The first-order valence-electron chi connectivity index (χ1n) is 12.9. The predicted molar refractivity (Wildman–Crippen MR) is 156 cm³/mol. The number of phenols is 3. The molecule has 0 aliphatic heterocycles. The van der Waals surface area contributed by atoms with Gasteiger partial charge >= 0.3 is 0 Å². The van der Waals surface area contributed by atoms with Gasteiger partial charge in [0.25, 0.3) is 0 Å². The van der Waals surface area contributed by atoms with E-state index in [-0.39, 0.29) is 11.5 Å². The lowest BCUT2D eigenvalue weighted by molar-refractivity contribution is 0.413. The average Bonchev–Trinajstić information content (AvgIpc) is 2.82. The zero-order valence-corrected chi connectivity index (χ0v) is 23.7. The zero-order chi connectivity index (χ0) is 28.3. The Bertz CT molecular complexity index is 1400. The van der Waals surface area contributed by atoms with Crippen molar-refractivity contribution in [3.8, 4) is 17.2 Å². The zero-order valence-electron chi connectivity index (χ0n) is 23.7. The monoisotopic (exact) mass is 512 g/mol. The molecule has 3 rings (SSSR count). The van der Waals surface area contributed by atoms with Crippen LogP contribution >= 0.6 is 0 Å². The lowest BCUT2D eigenvalue weighted by atomic mass is 9.92. The van der Waals surface area contributed by atoms with E-state index in [9.17, 15) is 20.4 Å². The number of aromatic hydroxyl groups is 3. The SMILES string of the molecule is C=C(Cc1cc(C)cc(Cc2cc(C)c(O)c(C)c2)c1O)/C(O)=C(\C=C(C)C)Cc1cc(C)c(O)c(C)c1. The van der Waals surface area contributed by atoms with E-state index >= 15 is 0 Å². The summed E-state index contributed by atoms with van der Waals surface area (Å²) >= 11 is 0. The van der Waals surface area contributed by atoms with Crippen molar-refractivity contribution in [1.29, 1.82) is 0 Å². The number of hydrogen-bond donors (Lipinski definition) is 4. The normalized spacial score (nSPS) is 11.8. The third-order valence-corrected chi connectivity index (χ3v) is 6.81. The second kappa shape index (κ2) is 11.6. The van der Waals surface area contributed by atoms with Gasteiger partial charge in [-0.05, 0) is 104 Å². The van der Waals surface area contributed by atoms with Crippen molar-refractivity contribution < 1.29 is 20.4 Å². The molecule has 4 nitrogen and oxygen atoms in total. The number of benzene rings is 3. The fraction of sp³-hybridized carbons (Fsp3) is 0.294. The molecule has 0 aliphatic carbocycles. The Kier molecular flexibility index (Phi) is 8.78. The first kappa shape index (κ1) is 28.6. The van der Waals surface area contributed by atoms with Crippen LogP contribution in [0.4, 0.5) is 0 Å². The molecule has 3 aromatic rings. The van der Waals surface area contributed by atoms with Crippen LogP contribution in [0.2, 0.25) is 0 Å². The van der Waals surface area contributed by atoms with Gasteiger partial charge in [-0.3, -0.25) is 0 Å². The quantitative estimate of drug-likeness (QED) is 0.182. The van der Waals surface area contributed by atoms with Gasteiger partial charge in [0.15, 0.2) is 0 Å². The fourth-order valence-electron chi connectivity index (χ4n) is 5.03. The number of hydrogen-bond acceptors (Lipinski definition) is 4. The number of aryl methyl sites for hydroxylation is 5. The van der Waals surface area contributed by atoms with Gasteiger partial charge in [-0.1, -0.05) is 60.2 Å². The highest BCUT2D eigenvalue weighted by molar-refractivity contribution is 5.51. The van der Waals surface area contributed by atoms with Gasteiger partial charge in [0.05, 0.1) is 0 Å². The van der Waals surface area contributed by atoms with Gasteiger partial charge in [0.1, 0.15) is 23.0 Å². The summed E-state index contributed by atoms with van der Waals surface area (Å²) < 4.78 is 0. The third kappa shape index (κ3) is 6.69. The van der Waals surface area contributed by atoms with Crippen molar-refractivity contribution in [2.45, 2.75) is 67.7 Å². The van der Waals surface area contributed by atoms with Crippen molar-refractivity contribution in [3.63, 3.8) is 0 Å². The van der Waals surface area contributed by atoms with Crippen molar-refractivity contribution >= 4 is 0 Å².